The van der Waals surface area contributed by atoms with E-state index in [1.807, 2.05) is 38.1 Å². The maximum absolute atomic E-state index is 12.4. The third-order valence-corrected chi connectivity index (χ3v) is 5.74. The Balaban J connectivity index is 1.69. The highest BCUT2D eigenvalue weighted by Gasteiger charge is 2.20. The molecule has 2 aromatic carbocycles. The predicted molar refractivity (Wildman–Crippen MR) is 102 cm³/mol. The van der Waals surface area contributed by atoms with Gasteiger partial charge in [-0.3, -0.25) is 0 Å². The fraction of sp³-hybridized carbons (Fsp3) is 0.435. The first kappa shape index (κ1) is 17.7. The Morgan fingerprint density at radius 3 is 2.04 bits per heavy atom. The zero-order valence-electron chi connectivity index (χ0n) is 15.8. The summed E-state index contributed by atoms with van der Waals surface area (Å²) in [6.07, 6.45) is 5.13. The zero-order valence-corrected chi connectivity index (χ0v) is 15.8. The topological polar surface area (TPSA) is 26.3 Å². The molecule has 25 heavy (non-hydrogen) atoms. The number of carbonyl (C=O) groups excluding carboxylic acids is 1. The number of hydrogen-bond donors (Lipinski definition) is 0. The van der Waals surface area contributed by atoms with Crippen LogP contribution in [0.3, 0.4) is 0 Å². The van der Waals surface area contributed by atoms with Crippen LogP contribution in [0.15, 0.2) is 36.4 Å². The van der Waals surface area contributed by atoms with Crippen LogP contribution < -0.4 is 4.74 Å². The molecule has 0 radical (unpaired) electrons. The molecule has 1 fully saturated rings. The molecule has 0 aliphatic heterocycles. The SMILES string of the molecule is Cc1cc(OC(=O)c2ccc(C3CCC(C)CC3)cc2)cc(C)c1C. The highest BCUT2D eigenvalue weighted by Crippen LogP contribution is 2.35. The first-order valence-corrected chi connectivity index (χ1v) is 9.34. The summed E-state index contributed by atoms with van der Waals surface area (Å²) in [5, 5.41) is 0. The molecule has 0 N–H and O–H groups in total. The monoisotopic (exact) mass is 336 g/mol. The summed E-state index contributed by atoms with van der Waals surface area (Å²) in [5.41, 5.74) is 5.49. The van der Waals surface area contributed by atoms with Crippen molar-refractivity contribution < 1.29 is 9.53 Å². The van der Waals surface area contributed by atoms with Gasteiger partial charge in [0.25, 0.3) is 0 Å². The number of hydrogen-bond acceptors (Lipinski definition) is 2. The molecule has 1 aliphatic rings. The van der Waals surface area contributed by atoms with Crippen LogP contribution >= 0.6 is 0 Å². The lowest BCUT2D eigenvalue weighted by Gasteiger charge is -2.26. The van der Waals surface area contributed by atoms with E-state index in [0.29, 0.717) is 17.2 Å². The Kier molecular flexibility index (Phi) is 5.27. The summed E-state index contributed by atoms with van der Waals surface area (Å²) < 4.78 is 5.58. The molecule has 0 saturated heterocycles. The molecule has 0 amide bonds. The van der Waals surface area contributed by atoms with Crippen molar-refractivity contribution in [1.82, 2.24) is 0 Å². The van der Waals surface area contributed by atoms with Crippen molar-refractivity contribution in [3.8, 4) is 5.75 Å². The van der Waals surface area contributed by atoms with Crippen molar-refractivity contribution in [2.24, 2.45) is 5.92 Å². The van der Waals surface area contributed by atoms with Gasteiger partial charge in [-0.25, -0.2) is 4.79 Å². The van der Waals surface area contributed by atoms with Crippen LogP contribution in [0.5, 0.6) is 5.75 Å². The second kappa shape index (κ2) is 7.43. The fourth-order valence-electron chi connectivity index (χ4n) is 3.71. The number of aryl methyl sites for hydroxylation is 2. The van der Waals surface area contributed by atoms with Crippen LogP contribution in [-0.4, -0.2) is 5.97 Å². The predicted octanol–water partition coefficient (Wildman–Crippen LogP) is 6.12. The van der Waals surface area contributed by atoms with Crippen molar-refractivity contribution in [1.29, 1.82) is 0 Å². The molecule has 0 aromatic heterocycles. The number of benzene rings is 2. The molecule has 2 nitrogen and oxygen atoms in total. The standard InChI is InChI=1S/C23H28O2/c1-15-5-7-19(8-6-15)20-9-11-21(12-10-20)23(24)25-22-13-16(2)18(4)17(3)14-22/h9-15,19H,5-8H2,1-4H3. The Bertz CT molecular complexity index is 727. The van der Waals surface area contributed by atoms with Gasteiger partial charge in [-0.2, -0.15) is 0 Å². The maximum Gasteiger partial charge on any atom is 0.343 e. The summed E-state index contributed by atoms with van der Waals surface area (Å²) in [5.74, 6) is 1.83. The van der Waals surface area contributed by atoms with Gasteiger partial charge in [-0.05, 0) is 92.0 Å². The molecule has 0 heterocycles. The third-order valence-electron chi connectivity index (χ3n) is 5.74. The van der Waals surface area contributed by atoms with E-state index in [1.165, 1.54) is 36.8 Å². The Morgan fingerprint density at radius 1 is 0.920 bits per heavy atom. The first-order chi connectivity index (χ1) is 11.9. The number of esters is 1. The van der Waals surface area contributed by atoms with Crippen LogP contribution in [0.2, 0.25) is 0 Å². The summed E-state index contributed by atoms with van der Waals surface area (Å²) in [6, 6.07) is 11.9. The summed E-state index contributed by atoms with van der Waals surface area (Å²) >= 11 is 0. The lowest BCUT2D eigenvalue weighted by Crippen LogP contribution is -2.12. The second-order valence-electron chi connectivity index (χ2n) is 7.65. The van der Waals surface area contributed by atoms with E-state index in [-0.39, 0.29) is 5.97 Å². The van der Waals surface area contributed by atoms with E-state index in [2.05, 4.69) is 26.0 Å². The molecule has 0 bridgehead atoms. The maximum atomic E-state index is 12.4. The number of carbonyl (C=O) groups is 1. The van der Waals surface area contributed by atoms with Crippen molar-refractivity contribution in [3.05, 3.63) is 64.2 Å². The van der Waals surface area contributed by atoms with Gasteiger partial charge in [0.05, 0.1) is 5.56 Å². The minimum Gasteiger partial charge on any atom is -0.423 e. The van der Waals surface area contributed by atoms with E-state index in [4.69, 9.17) is 4.74 Å². The van der Waals surface area contributed by atoms with Crippen LogP contribution in [-0.2, 0) is 0 Å². The molecule has 1 saturated carbocycles. The molecular weight excluding hydrogens is 308 g/mol. The van der Waals surface area contributed by atoms with Crippen molar-refractivity contribution in [3.63, 3.8) is 0 Å². The minimum absolute atomic E-state index is 0.286. The molecule has 2 heteroatoms. The molecule has 0 unspecified atom stereocenters. The minimum atomic E-state index is -0.286. The van der Waals surface area contributed by atoms with E-state index >= 15 is 0 Å². The molecular formula is C23H28O2. The molecule has 132 valence electrons. The first-order valence-electron chi connectivity index (χ1n) is 9.34. The van der Waals surface area contributed by atoms with Gasteiger partial charge < -0.3 is 4.74 Å². The van der Waals surface area contributed by atoms with Crippen LogP contribution in [0.4, 0.5) is 0 Å². The van der Waals surface area contributed by atoms with Crippen LogP contribution in [0.25, 0.3) is 0 Å². The van der Waals surface area contributed by atoms with Crippen LogP contribution in [0.1, 0.15) is 71.1 Å². The quantitative estimate of drug-likeness (QED) is 0.498. The Morgan fingerprint density at radius 2 is 1.48 bits per heavy atom. The van der Waals surface area contributed by atoms with E-state index in [1.54, 1.807) is 0 Å². The summed E-state index contributed by atoms with van der Waals surface area (Å²) in [6.45, 7) is 8.50. The number of rotatable bonds is 3. The number of ether oxygens (including phenoxy) is 1. The lowest BCUT2D eigenvalue weighted by molar-refractivity contribution is 0.0734. The Hall–Kier alpha value is -2.09. The highest BCUT2D eigenvalue weighted by molar-refractivity contribution is 5.91. The van der Waals surface area contributed by atoms with Crippen molar-refractivity contribution in [2.45, 2.75) is 59.3 Å². The molecule has 2 aromatic rings. The van der Waals surface area contributed by atoms with Gasteiger partial charge in [0.15, 0.2) is 0 Å². The average molecular weight is 336 g/mol. The lowest BCUT2D eigenvalue weighted by atomic mass is 9.79. The molecule has 1 aliphatic carbocycles. The van der Waals surface area contributed by atoms with Crippen molar-refractivity contribution in [2.75, 3.05) is 0 Å². The van der Waals surface area contributed by atoms with Gasteiger partial charge >= 0.3 is 5.97 Å². The fourth-order valence-corrected chi connectivity index (χ4v) is 3.71. The molecule has 0 spiro atoms. The smallest absolute Gasteiger partial charge is 0.343 e. The van der Waals surface area contributed by atoms with Crippen LogP contribution in [0, 0.1) is 26.7 Å². The van der Waals surface area contributed by atoms with E-state index in [9.17, 15) is 4.79 Å². The van der Waals surface area contributed by atoms with E-state index < -0.39 is 0 Å². The highest BCUT2D eigenvalue weighted by atomic mass is 16.5. The molecule has 0 atom stereocenters. The summed E-state index contributed by atoms with van der Waals surface area (Å²) in [4.78, 5) is 12.4. The van der Waals surface area contributed by atoms with Gasteiger partial charge in [0.1, 0.15) is 5.75 Å². The third kappa shape index (κ3) is 4.12. The van der Waals surface area contributed by atoms with Gasteiger partial charge in [-0.15, -0.1) is 0 Å². The van der Waals surface area contributed by atoms with Gasteiger partial charge in [0.2, 0.25) is 0 Å². The molecule has 3 rings (SSSR count). The Labute approximate surface area is 151 Å². The van der Waals surface area contributed by atoms with Crippen molar-refractivity contribution >= 4 is 5.97 Å². The van der Waals surface area contributed by atoms with E-state index in [0.717, 1.165) is 17.0 Å². The largest absolute Gasteiger partial charge is 0.423 e. The second-order valence-corrected chi connectivity index (χ2v) is 7.65. The van der Waals surface area contributed by atoms with Gasteiger partial charge in [0, 0.05) is 0 Å². The zero-order chi connectivity index (χ0) is 18.0. The normalized spacial score (nSPS) is 20.3. The average Bonchev–Trinajstić information content (AvgIpc) is 2.60. The van der Waals surface area contributed by atoms with Gasteiger partial charge in [-0.1, -0.05) is 31.9 Å². The summed E-state index contributed by atoms with van der Waals surface area (Å²) in [7, 11) is 0.